The van der Waals surface area contributed by atoms with E-state index in [1.165, 1.54) is 4.90 Å². The summed E-state index contributed by atoms with van der Waals surface area (Å²) in [4.78, 5) is 28.0. The van der Waals surface area contributed by atoms with E-state index in [0.717, 1.165) is 17.3 Å². The molecular formula is C14H13ClN2O3. The van der Waals surface area contributed by atoms with Gasteiger partial charge >= 0.3 is 5.97 Å². The van der Waals surface area contributed by atoms with E-state index >= 15 is 0 Å². The summed E-state index contributed by atoms with van der Waals surface area (Å²) < 4.78 is 0. The summed E-state index contributed by atoms with van der Waals surface area (Å²) in [6.07, 6.45) is 1.22. The summed E-state index contributed by atoms with van der Waals surface area (Å²) >= 11 is 5.91. The highest BCUT2D eigenvalue weighted by Gasteiger charge is 2.34. The molecule has 2 N–H and O–H groups in total. The molecule has 1 fully saturated rings. The number of fused-ring (bicyclic) bond motifs is 1. The highest BCUT2D eigenvalue weighted by Crippen LogP contribution is 2.24. The molecule has 2 heterocycles. The van der Waals surface area contributed by atoms with Crippen LogP contribution >= 0.6 is 11.6 Å². The number of halogens is 1. The molecule has 1 amide bonds. The van der Waals surface area contributed by atoms with Crippen LogP contribution in [0.1, 0.15) is 23.3 Å². The number of aliphatic carboxylic acids is 1. The zero-order valence-electron chi connectivity index (χ0n) is 10.6. The van der Waals surface area contributed by atoms with Crippen molar-refractivity contribution in [2.75, 3.05) is 6.54 Å². The molecule has 1 aromatic heterocycles. The van der Waals surface area contributed by atoms with Gasteiger partial charge in [0.05, 0.1) is 0 Å². The third-order valence-corrected chi connectivity index (χ3v) is 3.85. The van der Waals surface area contributed by atoms with Gasteiger partial charge in [-0.25, -0.2) is 4.79 Å². The number of likely N-dealkylation sites (tertiary alicyclic amines) is 1. The molecule has 104 valence electrons. The molecule has 0 spiro atoms. The molecular weight excluding hydrogens is 280 g/mol. The molecule has 0 unspecified atom stereocenters. The Bertz CT molecular complexity index is 695. The quantitative estimate of drug-likeness (QED) is 0.893. The van der Waals surface area contributed by atoms with Crippen molar-refractivity contribution in [2.45, 2.75) is 18.9 Å². The lowest BCUT2D eigenvalue weighted by atomic mass is 10.2. The second-order valence-electron chi connectivity index (χ2n) is 4.91. The number of carboxylic acids is 1. The zero-order chi connectivity index (χ0) is 14.3. The second kappa shape index (κ2) is 4.83. The number of aromatic amines is 1. The van der Waals surface area contributed by atoms with Crippen LogP contribution in [0, 0.1) is 0 Å². The number of hydrogen-bond acceptors (Lipinski definition) is 2. The van der Waals surface area contributed by atoms with Crippen molar-refractivity contribution in [3.8, 4) is 0 Å². The van der Waals surface area contributed by atoms with Gasteiger partial charge in [0, 0.05) is 22.5 Å². The number of benzene rings is 1. The summed E-state index contributed by atoms with van der Waals surface area (Å²) in [6, 6.07) is 6.32. The van der Waals surface area contributed by atoms with Crippen LogP contribution in [0.3, 0.4) is 0 Å². The number of rotatable bonds is 2. The first-order valence-corrected chi connectivity index (χ1v) is 6.76. The number of aromatic nitrogens is 1. The van der Waals surface area contributed by atoms with E-state index in [1.807, 2.05) is 6.07 Å². The van der Waals surface area contributed by atoms with Gasteiger partial charge < -0.3 is 15.0 Å². The molecule has 0 bridgehead atoms. The van der Waals surface area contributed by atoms with Gasteiger partial charge in [0.1, 0.15) is 11.7 Å². The number of nitrogens with one attached hydrogen (secondary N) is 1. The predicted molar refractivity (Wildman–Crippen MR) is 75.0 cm³/mol. The maximum Gasteiger partial charge on any atom is 0.326 e. The fourth-order valence-corrected chi connectivity index (χ4v) is 2.81. The largest absolute Gasteiger partial charge is 0.480 e. The van der Waals surface area contributed by atoms with Crippen LogP contribution in [0.4, 0.5) is 0 Å². The summed E-state index contributed by atoms with van der Waals surface area (Å²) in [5.41, 5.74) is 1.17. The van der Waals surface area contributed by atoms with Crippen molar-refractivity contribution in [1.29, 1.82) is 0 Å². The third-order valence-electron chi connectivity index (χ3n) is 3.61. The van der Waals surface area contributed by atoms with Gasteiger partial charge in [-0.2, -0.15) is 0 Å². The van der Waals surface area contributed by atoms with E-state index in [1.54, 1.807) is 18.2 Å². The van der Waals surface area contributed by atoms with Crippen molar-refractivity contribution in [1.82, 2.24) is 9.88 Å². The van der Waals surface area contributed by atoms with Gasteiger partial charge in [-0.15, -0.1) is 0 Å². The molecule has 1 aliphatic heterocycles. The Morgan fingerprint density at radius 1 is 1.35 bits per heavy atom. The van der Waals surface area contributed by atoms with E-state index in [4.69, 9.17) is 16.7 Å². The number of nitrogens with zero attached hydrogens (tertiary/aromatic N) is 1. The van der Waals surface area contributed by atoms with Crippen LogP contribution < -0.4 is 0 Å². The predicted octanol–water partition coefficient (Wildman–Crippen LogP) is 2.51. The smallest absolute Gasteiger partial charge is 0.326 e. The number of hydrogen-bond donors (Lipinski definition) is 2. The van der Waals surface area contributed by atoms with Crippen LogP contribution in [0.5, 0.6) is 0 Å². The Kier molecular flexibility index (Phi) is 3.14. The van der Waals surface area contributed by atoms with Gasteiger partial charge in [0.15, 0.2) is 0 Å². The van der Waals surface area contributed by atoms with Crippen molar-refractivity contribution in [3.63, 3.8) is 0 Å². The molecule has 2 aromatic rings. The minimum absolute atomic E-state index is 0.276. The highest BCUT2D eigenvalue weighted by atomic mass is 35.5. The highest BCUT2D eigenvalue weighted by molar-refractivity contribution is 6.31. The summed E-state index contributed by atoms with van der Waals surface area (Å²) in [7, 11) is 0. The lowest BCUT2D eigenvalue weighted by molar-refractivity contribution is -0.141. The number of amides is 1. The van der Waals surface area contributed by atoms with Gasteiger partial charge in [-0.1, -0.05) is 17.7 Å². The Balaban J connectivity index is 1.94. The summed E-state index contributed by atoms with van der Waals surface area (Å²) in [6.45, 7) is 0.478. The molecule has 5 nitrogen and oxygen atoms in total. The Hall–Kier alpha value is -2.01. The zero-order valence-corrected chi connectivity index (χ0v) is 11.4. The third kappa shape index (κ3) is 2.14. The minimum atomic E-state index is -0.949. The fraction of sp³-hybridized carbons (Fsp3) is 0.286. The van der Waals surface area contributed by atoms with Crippen LogP contribution in [-0.4, -0.2) is 39.5 Å². The Morgan fingerprint density at radius 3 is 2.90 bits per heavy atom. The SMILES string of the molecule is O=C(O)[C@H]1CCCN1C(=O)c1cc2ccc(Cl)cc2[nH]1. The monoisotopic (exact) mass is 292 g/mol. The number of H-pyrrole nitrogens is 1. The second-order valence-corrected chi connectivity index (χ2v) is 5.35. The molecule has 1 saturated heterocycles. The Morgan fingerprint density at radius 2 is 2.15 bits per heavy atom. The topological polar surface area (TPSA) is 73.4 Å². The number of carboxylic acid groups (broad SMARTS) is 1. The normalized spacial score (nSPS) is 18.6. The average Bonchev–Trinajstić information content (AvgIpc) is 3.03. The van der Waals surface area contributed by atoms with Crippen LogP contribution in [0.15, 0.2) is 24.3 Å². The van der Waals surface area contributed by atoms with Crippen molar-refractivity contribution in [3.05, 3.63) is 35.0 Å². The van der Waals surface area contributed by atoms with E-state index in [2.05, 4.69) is 4.98 Å². The Labute approximate surface area is 120 Å². The van der Waals surface area contributed by atoms with Gasteiger partial charge in [-0.3, -0.25) is 4.79 Å². The van der Waals surface area contributed by atoms with Crippen molar-refractivity contribution in [2.24, 2.45) is 0 Å². The van der Waals surface area contributed by atoms with Crippen molar-refractivity contribution >= 4 is 34.4 Å². The molecule has 20 heavy (non-hydrogen) atoms. The van der Waals surface area contributed by atoms with Gasteiger partial charge in [0.25, 0.3) is 5.91 Å². The fourth-order valence-electron chi connectivity index (χ4n) is 2.64. The lowest BCUT2D eigenvalue weighted by Gasteiger charge is -2.20. The molecule has 6 heteroatoms. The molecule has 1 aromatic carbocycles. The standard InChI is InChI=1S/C14H13ClN2O3/c15-9-4-3-8-6-11(16-10(8)7-9)13(18)17-5-1-2-12(17)14(19)20/h3-4,6-7,12,16H,1-2,5H2,(H,19,20)/t12-/m1/s1. The molecule has 0 radical (unpaired) electrons. The van der Waals surface area contributed by atoms with E-state index in [-0.39, 0.29) is 5.91 Å². The summed E-state index contributed by atoms with van der Waals surface area (Å²) in [5, 5.41) is 10.6. The lowest BCUT2D eigenvalue weighted by Crippen LogP contribution is -2.40. The number of carbonyl (C=O) groups is 2. The maximum absolute atomic E-state index is 12.4. The summed E-state index contributed by atoms with van der Waals surface area (Å²) in [5.74, 6) is -1.22. The average molecular weight is 293 g/mol. The molecule has 0 saturated carbocycles. The van der Waals surface area contributed by atoms with E-state index < -0.39 is 12.0 Å². The molecule has 1 aliphatic rings. The maximum atomic E-state index is 12.4. The first-order chi connectivity index (χ1) is 9.56. The molecule has 1 atom stereocenters. The minimum Gasteiger partial charge on any atom is -0.480 e. The van der Waals surface area contributed by atoms with Crippen molar-refractivity contribution < 1.29 is 14.7 Å². The van der Waals surface area contributed by atoms with Crippen LogP contribution in [-0.2, 0) is 4.79 Å². The number of carbonyl (C=O) groups excluding carboxylic acids is 1. The molecule has 3 rings (SSSR count). The van der Waals surface area contributed by atoms with Gasteiger partial charge in [0.2, 0.25) is 0 Å². The van der Waals surface area contributed by atoms with E-state index in [0.29, 0.717) is 23.7 Å². The first kappa shape index (κ1) is 13.0. The van der Waals surface area contributed by atoms with Gasteiger partial charge in [-0.05, 0) is 31.0 Å². The van der Waals surface area contributed by atoms with E-state index in [9.17, 15) is 9.59 Å². The first-order valence-electron chi connectivity index (χ1n) is 6.38. The molecule has 0 aliphatic carbocycles. The van der Waals surface area contributed by atoms with Crippen LogP contribution in [0.2, 0.25) is 5.02 Å². The van der Waals surface area contributed by atoms with Crippen LogP contribution in [0.25, 0.3) is 10.9 Å².